The zero-order valence-corrected chi connectivity index (χ0v) is 17.4. The first-order valence-corrected chi connectivity index (χ1v) is 11.5. The molecule has 0 unspecified atom stereocenters. The maximum absolute atomic E-state index is 12.6. The SMILES string of the molecule is CSCC[C@@H](NC(=O)c1ccc(Cl)cc1)C(=O)Nc1ccc(S(N)(=O)=O)cc1. The van der Waals surface area contributed by atoms with Crippen LogP contribution in [0.15, 0.2) is 53.4 Å². The summed E-state index contributed by atoms with van der Waals surface area (Å²) in [6.45, 7) is 0. The van der Waals surface area contributed by atoms with Gasteiger partial charge in [0.1, 0.15) is 6.04 Å². The molecule has 0 bridgehead atoms. The number of rotatable bonds is 8. The van der Waals surface area contributed by atoms with Gasteiger partial charge in [-0.1, -0.05) is 11.6 Å². The van der Waals surface area contributed by atoms with E-state index in [1.807, 2.05) is 6.26 Å². The summed E-state index contributed by atoms with van der Waals surface area (Å²) < 4.78 is 22.6. The number of nitrogens with two attached hydrogens (primary N) is 1. The van der Waals surface area contributed by atoms with Crippen LogP contribution in [-0.2, 0) is 14.8 Å². The molecule has 0 saturated carbocycles. The summed E-state index contributed by atoms with van der Waals surface area (Å²) in [5, 5.41) is 11.0. The van der Waals surface area contributed by atoms with Gasteiger partial charge < -0.3 is 10.6 Å². The third-order valence-electron chi connectivity index (χ3n) is 3.79. The van der Waals surface area contributed by atoms with Gasteiger partial charge in [-0.05, 0) is 67.0 Å². The average molecular weight is 442 g/mol. The number of sulfonamides is 1. The van der Waals surface area contributed by atoms with Crippen LogP contribution in [0.3, 0.4) is 0 Å². The first kappa shape index (κ1) is 22.2. The Balaban J connectivity index is 2.09. The molecule has 0 saturated heterocycles. The summed E-state index contributed by atoms with van der Waals surface area (Å²) in [7, 11) is -3.81. The van der Waals surface area contributed by atoms with E-state index in [-0.39, 0.29) is 10.8 Å². The highest BCUT2D eigenvalue weighted by molar-refractivity contribution is 7.98. The molecule has 0 heterocycles. The number of primary sulfonamides is 1. The van der Waals surface area contributed by atoms with Crippen LogP contribution in [0.25, 0.3) is 0 Å². The minimum absolute atomic E-state index is 0.0551. The smallest absolute Gasteiger partial charge is 0.251 e. The fraction of sp³-hybridized carbons (Fsp3) is 0.222. The van der Waals surface area contributed by atoms with E-state index in [0.29, 0.717) is 28.4 Å². The summed E-state index contributed by atoms with van der Waals surface area (Å²) >= 11 is 7.38. The number of halogens is 1. The maximum atomic E-state index is 12.6. The molecule has 0 aliphatic heterocycles. The predicted molar refractivity (Wildman–Crippen MR) is 112 cm³/mol. The van der Waals surface area contributed by atoms with Crippen molar-refractivity contribution in [2.45, 2.75) is 17.4 Å². The average Bonchev–Trinajstić information content (AvgIpc) is 2.65. The fourth-order valence-electron chi connectivity index (χ4n) is 2.30. The molecule has 7 nitrogen and oxygen atoms in total. The molecule has 2 aromatic carbocycles. The third kappa shape index (κ3) is 6.52. The monoisotopic (exact) mass is 441 g/mol. The van der Waals surface area contributed by atoms with Crippen LogP contribution < -0.4 is 15.8 Å². The van der Waals surface area contributed by atoms with Gasteiger partial charge in [0, 0.05) is 16.3 Å². The van der Waals surface area contributed by atoms with Gasteiger partial charge in [0.25, 0.3) is 5.91 Å². The molecule has 4 N–H and O–H groups in total. The highest BCUT2D eigenvalue weighted by atomic mass is 35.5. The van der Waals surface area contributed by atoms with Crippen molar-refractivity contribution in [1.82, 2.24) is 5.32 Å². The van der Waals surface area contributed by atoms with Crippen molar-refractivity contribution in [3.8, 4) is 0 Å². The first-order valence-electron chi connectivity index (χ1n) is 8.20. The van der Waals surface area contributed by atoms with Gasteiger partial charge in [-0.25, -0.2) is 13.6 Å². The highest BCUT2D eigenvalue weighted by Crippen LogP contribution is 2.14. The van der Waals surface area contributed by atoms with E-state index in [4.69, 9.17) is 16.7 Å². The lowest BCUT2D eigenvalue weighted by Crippen LogP contribution is -2.44. The Morgan fingerprint density at radius 2 is 1.71 bits per heavy atom. The molecule has 0 aliphatic rings. The Kier molecular flexibility index (Phi) is 7.88. The minimum atomic E-state index is -3.81. The second-order valence-corrected chi connectivity index (χ2v) is 8.86. The van der Waals surface area contributed by atoms with Crippen molar-refractivity contribution in [2.75, 3.05) is 17.3 Å². The van der Waals surface area contributed by atoms with Gasteiger partial charge in [0.15, 0.2) is 0 Å². The summed E-state index contributed by atoms with van der Waals surface area (Å²) in [4.78, 5) is 25.0. The number of carbonyl (C=O) groups is 2. The highest BCUT2D eigenvalue weighted by Gasteiger charge is 2.21. The van der Waals surface area contributed by atoms with E-state index in [1.54, 1.807) is 36.0 Å². The lowest BCUT2D eigenvalue weighted by Gasteiger charge is -2.18. The van der Waals surface area contributed by atoms with Crippen LogP contribution in [0.5, 0.6) is 0 Å². The lowest BCUT2D eigenvalue weighted by atomic mass is 10.1. The first-order chi connectivity index (χ1) is 13.2. The Bertz CT molecular complexity index is 932. The van der Waals surface area contributed by atoms with Gasteiger partial charge >= 0.3 is 0 Å². The molecule has 2 amide bonds. The largest absolute Gasteiger partial charge is 0.340 e. The van der Waals surface area contributed by atoms with Gasteiger partial charge in [0.2, 0.25) is 15.9 Å². The fourth-order valence-corrected chi connectivity index (χ4v) is 3.42. The molecule has 150 valence electrons. The summed E-state index contributed by atoms with van der Waals surface area (Å²) in [6, 6.07) is 11.1. The molecule has 0 fully saturated rings. The molecule has 2 rings (SSSR count). The molecule has 0 aliphatic carbocycles. The zero-order valence-electron chi connectivity index (χ0n) is 15.0. The number of benzene rings is 2. The predicted octanol–water partition coefficient (Wildman–Crippen LogP) is 2.48. The molecular formula is C18H20ClN3O4S2. The number of hydrogen-bond acceptors (Lipinski definition) is 5. The van der Waals surface area contributed by atoms with Gasteiger partial charge in [-0.15, -0.1) is 0 Å². The zero-order chi connectivity index (χ0) is 20.7. The van der Waals surface area contributed by atoms with Crippen LogP contribution >= 0.6 is 23.4 Å². The van der Waals surface area contributed by atoms with Gasteiger partial charge in [-0.3, -0.25) is 9.59 Å². The van der Waals surface area contributed by atoms with Crippen molar-refractivity contribution < 1.29 is 18.0 Å². The number of hydrogen-bond donors (Lipinski definition) is 3. The van der Waals surface area contributed by atoms with Crippen molar-refractivity contribution in [1.29, 1.82) is 0 Å². The van der Waals surface area contributed by atoms with Gasteiger partial charge in [0.05, 0.1) is 4.90 Å². The Labute approximate surface area is 173 Å². The van der Waals surface area contributed by atoms with Crippen molar-refractivity contribution in [2.24, 2.45) is 5.14 Å². The molecular weight excluding hydrogens is 422 g/mol. The number of carbonyl (C=O) groups excluding carboxylic acids is 2. The molecule has 0 radical (unpaired) electrons. The van der Waals surface area contributed by atoms with Crippen molar-refractivity contribution in [3.63, 3.8) is 0 Å². The van der Waals surface area contributed by atoms with E-state index < -0.39 is 22.0 Å². The molecule has 0 aromatic heterocycles. The van der Waals surface area contributed by atoms with Crippen molar-refractivity contribution >= 4 is 50.9 Å². The van der Waals surface area contributed by atoms with E-state index in [2.05, 4.69) is 10.6 Å². The standard InChI is InChI=1S/C18H20ClN3O4S2/c1-27-11-10-16(22-17(23)12-2-4-13(19)5-3-12)18(24)21-14-6-8-15(9-7-14)28(20,25)26/h2-9,16H,10-11H2,1H3,(H,21,24)(H,22,23)(H2,20,25,26)/t16-/m1/s1. The second-order valence-electron chi connectivity index (χ2n) is 5.87. The number of nitrogens with one attached hydrogen (secondary N) is 2. The van der Waals surface area contributed by atoms with Crippen LogP contribution in [0, 0.1) is 0 Å². The molecule has 28 heavy (non-hydrogen) atoms. The van der Waals surface area contributed by atoms with Crippen LogP contribution in [0.4, 0.5) is 5.69 Å². The Morgan fingerprint density at radius 3 is 2.25 bits per heavy atom. The van der Waals surface area contributed by atoms with Crippen LogP contribution in [0.1, 0.15) is 16.8 Å². The quantitative estimate of drug-likeness (QED) is 0.581. The topological polar surface area (TPSA) is 118 Å². The Morgan fingerprint density at radius 1 is 1.11 bits per heavy atom. The number of amides is 2. The molecule has 2 aromatic rings. The van der Waals surface area contributed by atoms with E-state index in [0.717, 1.165) is 0 Å². The molecule has 1 atom stereocenters. The molecule has 0 spiro atoms. The van der Waals surface area contributed by atoms with E-state index >= 15 is 0 Å². The van der Waals surface area contributed by atoms with Crippen molar-refractivity contribution in [3.05, 3.63) is 59.1 Å². The summed E-state index contributed by atoms with van der Waals surface area (Å²) in [5.41, 5.74) is 0.788. The van der Waals surface area contributed by atoms with E-state index in [9.17, 15) is 18.0 Å². The summed E-state index contributed by atoms with van der Waals surface area (Å²) in [5.74, 6) is -0.120. The maximum Gasteiger partial charge on any atom is 0.251 e. The normalized spacial score (nSPS) is 12.2. The van der Waals surface area contributed by atoms with E-state index in [1.165, 1.54) is 24.3 Å². The number of thioether (sulfide) groups is 1. The van der Waals surface area contributed by atoms with Crippen LogP contribution in [0.2, 0.25) is 5.02 Å². The lowest BCUT2D eigenvalue weighted by molar-refractivity contribution is -0.118. The number of anilines is 1. The summed E-state index contributed by atoms with van der Waals surface area (Å²) in [6.07, 6.45) is 2.34. The third-order valence-corrected chi connectivity index (χ3v) is 5.61. The van der Waals surface area contributed by atoms with Gasteiger partial charge in [-0.2, -0.15) is 11.8 Å². The minimum Gasteiger partial charge on any atom is -0.340 e. The second kappa shape index (κ2) is 9.92. The van der Waals surface area contributed by atoms with Crippen LogP contribution in [-0.4, -0.2) is 38.3 Å². The Hall–Kier alpha value is -2.07. The molecule has 10 heteroatoms.